The van der Waals surface area contributed by atoms with Gasteiger partial charge in [-0.1, -0.05) is 6.92 Å². The first-order valence-electron chi connectivity index (χ1n) is 5.99. The zero-order chi connectivity index (χ0) is 15.1. The predicted molar refractivity (Wildman–Crippen MR) is 71.2 cm³/mol. The number of carbonyl (C=O) groups excluding carboxylic acids is 1. The lowest BCUT2D eigenvalue weighted by Gasteiger charge is -2.06. The number of rotatable bonds is 4. The van der Waals surface area contributed by atoms with Gasteiger partial charge in [-0.05, 0) is 18.4 Å². The zero-order valence-electron chi connectivity index (χ0n) is 11.0. The van der Waals surface area contributed by atoms with Gasteiger partial charge < -0.3 is 5.32 Å². The molecule has 2 atom stereocenters. The molecule has 0 bridgehead atoms. The maximum absolute atomic E-state index is 12.0. The standard InChI is InChI=1S/C12H14N2O5S/c1-7-3-11(7)13-12(15)8-4-9(14(16)17)6-10(5-8)20(2,18)19/h4-7,11H,3H2,1-2H3,(H,13,15)/t7-,11-/m0/s1. The van der Waals surface area contributed by atoms with E-state index in [1.165, 1.54) is 0 Å². The fraction of sp³-hybridized carbons (Fsp3) is 0.417. The van der Waals surface area contributed by atoms with Crippen molar-refractivity contribution in [3.05, 3.63) is 33.9 Å². The lowest BCUT2D eigenvalue weighted by atomic mass is 10.2. The van der Waals surface area contributed by atoms with Crippen LogP contribution >= 0.6 is 0 Å². The SMILES string of the molecule is C[C@H]1C[C@@H]1NC(=O)c1cc([N+](=O)[O-])cc(S(C)(=O)=O)c1. The number of benzene rings is 1. The van der Waals surface area contributed by atoms with Crippen molar-refractivity contribution in [2.45, 2.75) is 24.3 Å². The number of sulfone groups is 1. The molecule has 20 heavy (non-hydrogen) atoms. The molecule has 1 fully saturated rings. The Bertz CT molecular complexity index is 683. The molecular formula is C12H14N2O5S. The number of nitro groups is 1. The van der Waals surface area contributed by atoms with Gasteiger partial charge in [0.25, 0.3) is 11.6 Å². The van der Waals surface area contributed by atoms with Crippen LogP contribution in [0.4, 0.5) is 5.69 Å². The fourth-order valence-corrected chi connectivity index (χ4v) is 2.48. The molecule has 1 saturated carbocycles. The maximum Gasteiger partial charge on any atom is 0.271 e. The minimum atomic E-state index is -3.62. The highest BCUT2D eigenvalue weighted by molar-refractivity contribution is 7.90. The topological polar surface area (TPSA) is 106 Å². The van der Waals surface area contributed by atoms with Crippen LogP contribution in [0, 0.1) is 16.0 Å². The Morgan fingerprint density at radius 1 is 1.40 bits per heavy atom. The Morgan fingerprint density at radius 2 is 2.00 bits per heavy atom. The fourth-order valence-electron chi connectivity index (χ4n) is 1.81. The number of nitrogens with one attached hydrogen (secondary N) is 1. The van der Waals surface area contributed by atoms with Crippen LogP contribution in [0.25, 0.3) is 0 Å². The van der Waals surface area contributed by atoms with E-state index in [0.29, 0.717) is 5.92 Å². The van der Waals surface area contributed by atoms with Gasteiger partial charge in [0, 0.05) is 30.0 Å². The van der Waals surface area contributed by atoms with Gasteiger partial charge in [-0.2, -0.15) is 0 Å². The Morgan fingerprint density at radius 3 is 2.45 bits per heavy atom. The number of nitrogens with zero attached hydrogens (tertiary/aromatic N) is 1. The van der Waals surface area contributed by atoms with Gasteiger partial charge in [-0.15, -0.1) is 0 Å². The summed E-state index contributed by atoms with van der Waals surface area (Å²) in [5, 5.41) is 13.5. The smallest absolute Gasteiger partial charge is 0.271 e. The molecule has 0 heterocycles. The molecule has 0 aliphatic heterocycles. The monoisotopic (exact) mass is 298 g/mol. The summed E-state index contributed by atoms with van der Waals surface area (Å²) in [6, 6.07) is 3.25. The summed E-state index contributed by atoms with van der Waals surface area (Å²) < 4.78 is 23.0. The largest absolute Gasteiger partial charge is 0.349 e. The summed E-state index contributed by atoms with van der Waals surface area (Å²) in [6.07, 6.45) is 1.80. The van der Waals surface area contributed by atoms with E-state index in [9.17, 15) is 23.3 Å². The third-order valence-electron chi connectivity index (χ3n) is 3.22. The van der Waals surface area contributed by atoms with Crippen LogP contribution in [0.3, 0.4) is 0 Å². The van der Waals surface area contributed by atoms with E-state index in [4.69, 9.17) is 0 Å². The molecule has 1 aromatic carbocycles. The van der Waals surface area contributed by atoms with E-state index in [1.807, 2.05) is 6.92 Å². The molecule has 1 N–H and O–H groups in total. The highest BCUT2D eigenvalue weighted by Gasteiger charge is 2.34. The van der Waals surface area contributed by atoms with E-state index in [1.54, 1.807) is 0 Å². The molecule has 0 radical (unpaired) electrons. The Balaban J connectivity index is 2.39. The molecular weight excluding hydrogens is 284 g/mol. The summed E-state index contributed by atoms with van der Waals surface area (Å²) in [5.41, 5.74) is -0.430. The summed E-state index contributed by atoms with van der Waals surface area (Å²) >= 11 is 0. The normalized spacial score (nSPS) is 21.3. The highest BCUT2D eigenvalue weighted by atomic mass is 32.2. The number of amides is 1. The quantitative estimate of drug-likeness (QED) is 0.662. The lowest BCUT2D eigenvalue weighted by molar-refractivity contribution is -0.385. The van der Waals surface area contributed by atoms with E-state index >= 15 is 0 Å². The molecule has 1 aliphatic carbocycles. The van der Waals surface area contributed by atoms with E-state index in [-0.39, 0.29) is 16.5 Å². The molecule has 0 aromatic heterocycles. The van der Waals surface area contributed by atoms with Crippen molar-refractivity contribution < 1.29 is 18.1 Å². The average molecular weight is 298 g/mol. The van der Waals surface area contributed by atoms with Crippen LogP contribution < -0.4 is 5.32 Å². The third kappa shape index (κ3) is 3.13. The van der Waals surface area contributed by atoms with Crippen LogP contribution in [0.15, 0.2) is 23.1 Å². The van der Waals surface area contributed by atoms with Crippen molar-refractivity contribution in [3.63, 3.8) is 0 Å². The van der Waals surface area contributed by atoms with Gasteiger partial charge in [0.05, 0.1) is 9.82 Å². The number of hydrogen-bond donors (Lipinski definition) is 1. The Hall–Kier alpha value is -1.96. The average Bonchev–Trinajstić information content (AvgIpc) is 3.03. The summed E-state index contributed by atoms with van der Waals surface area (Å²) in [6.45, 7) is 1.97. The second-order valence-corrected chi connectivity index (χ2v) is 7.05. The molecule has 2 rings (SSSR count). The minimum absolute atomic E-state index is 0.0151. The number of nitro benzene ring substituents is 1. The first-order chi connectivity index (χ1) is 9.18. The molecule has 108 valence electrons. The first-order valence-corrected chi connectivity index (χ1v) is 7.88. The molecule has 0 unspecified atom stereocenters. The molecule has 0 saturated heterocycles. The molecule has 8 heteroatoms. The molecule has 1 aliphatic rings. The Labute approximate surface area is 116 Å². The number of carbonyl (C=O) groups is 1. The van der Waals surface area contributed by atoms with Crippen molar-refractivity contribution in [1.82, 2.24) is 5.32 Å². The second-order valence-electron chi connectivity index (χ2n) is 5.04. The second kappa shape index (κ2) is 4.86. The van der Waals surface area contributed by atoms with Crippen LogP contribution in [-0.4, -0.2) is 31.5 Å². The van der Waals surface area contributed by atoms with Crippen molar-refractivity contribution in [2.24, 2.45) is 5.92 Å². The van der Waals surface area contributed by atoms with Gasteiger partial charge in [0.2, 0.25) is 0 Å². The van der Waals surface area contributed by atoms with Crippen molar-refractivity contribution in [2.75, 3.05) is 6.26 Å². The summed E-state index contributed by atoms with van der Waals surface area (Å²) in [4.78, 5) is 21.8. The van der Waals surface area contributed by atoms with Gasteiger partial charge in [0.15, 0.2) is 9.84 Å². The predicted octanol–water partition coefficient (Wildman–Crippen LogP) is 1.14. The Kier molecular flexibility index (Phi) is 3.51. The van der Waals surface area contributed by atoms with Crippen molar-refractivity contribution in [1.29, 1.82) is 0 Å². The molecule has 7 nitrogen and oxygen atoms in total. The van der Waals surface area contributed by atoms with Crippen molar-refractivity contribution in [3.8, 4) is 0 Å². The van der Waals surface area contributed by atoms with Gasteiger partial charge in [-0.25, -0.2) is 8.42 Å². The van der Waals surface area contributed by atoms with Crippen LogP contribution in [0.5, 0.6) is 0 Å². The van der Waals surface area contributed by atoms with E-state index in [0.717, 1.165) is 30.9 Å². The minimum Gasteiger partial charge on any atom is -0.349 e. The number of non-ortho nitro benzene ring substituents is 1. The molecule has 1 amide bonds. The molecule has 1 aromatic rings. The number of hydrogen-bond acceptors (Lipinski definition) is 5. The summed E-state index contributed by atoms with van der Waals surface area (Å²) in [7, 11) is -3.62. The highest BCUT2D eigenvalue weighted by Crippen LogP contribution is 2.29. The van der Waals surface area contributed by atoms with Gasteiger partial charge >= 0.3 is 0 Å². The first kappa shape index (κ1) is 14.4. The molecule has 0 spiro atoms. The van der Waals surface area contributed by atoms with Gasteiger partial charge in [-0.3, -0.25) is 14.9 Å². The summed E-state index contributed by atoms with van der Waals surface area (Å²) in [5.74, 6) is -0.111. The van der Waals surface area contributed by atoms with E-state index < -0.39 is 26.4 Å². The van der Waals surface area contributed by atoms with Gasteiger partial charge in [0.1, 0.15) is 0 Å². The van der Waals surface area contributed by atoms with Crippen LogP contribution in [0.1, 0.15) is 23.7 Å². The maximum atomic E-state index is 12.0. The van der Waals surface area contributed by atoms with E-state index in [2.05, 4.69) is 5.32 Å². The van der Waals surface area contributed by atoms with Crippen LogP contribution in [-0.2, 0) is 9.84 Å². The van der Waals surface area contributed by atoms with Crippen molar-refractivity contribution >= 4 is 21.4 Å². The third-order valence-corrected chi connectivity index (χ3v) is 4.31. The zero-order valence-corrected chi connectivity index (χ0v) is 11.8. The van der Waals surface area contributed by atoms with Crippen LogP contribution in [0.2, 0.25) is 0 Å². The lowest BCUT2D eigenvalue weighted by Crippen LogP contribution is -2.26.